The van der Waals surface area contributed by atoms with Gasteiger partial charge in [0.25, 0.3) is 0 Å². The topological polar surface area (TPSA) is 77.0 Å². The maximum atomic E-state index is 6.00. The number of pyridine rings is 1. The molecule has 1 heterocycles. The van der Waals surface area contributed by atoms with Crippen LogP contribution in [0, 0.1) is 6.92 Å². The molecule has 1 atom stereocenters. The van der Waals surface area contributed by atoms with E-state index < -0.39 is 0 Å². The molecule has 0 aliphatic heterocycles. The molecular weight excluding hydrogens is 328 g/mol. The number of hydrazine groups is 1. The van der Waals surface area contributed by atoms with Gasteiger partial charge in [0.2, 0.25) is 0 Å². The number of benzene rings is 1. The van der Waals surface area contributed by atoms with Gasteiger partial charge in [-0.2, -0.15) is 0 Å². The summed E-state index contributed by atoms with van der Waals surface area (Å²) in [6.07, 6.45) is 1.68. The van der Waals surface area contributed by atoms with Crippen LogP contribution in [0.5, 0.6) is 0 Å². The van der Waals surface area contributed by atoms with Gasteiger partial charge < -0.3 is 5.73 Å². The number of rotatable bonds is 3. The summed E-state index contributed by atoms with van der Waals surface area (Å²) in [6, 6.07) is 7.30. The van der Waals surface area contributed by atoms with E-state index in [2.05, 4.69) is 26.3 Å². The predicted molar refractivity (Wildman–Crippen MR) is 81.7 cm³/mol. The molecule has 1 aromatic carbocycles. The lowest BCUT2D eigenvalue weighted by atomic mass is 9.96. The monoisotopic (exact) mass is 340 g/mol. The van der Waals surface area contributed by atoms with Gasteiger partial charge in [-0.25, -0.2) is 10.4 Å². The fraction of sp³-hybridized carbons (Fsp3) is 0.154. The lowest BCUT2D eigenvalue weighted by Gasteiger charge is -2.20. The quantitative estimate of drug-likeness (QED) is 0.592. The first kappa shape index (κ1) is 14.3. The van der Waals surface area contributed by atoms with Crippen molar-refractivity contribution < 1.29 is 0 Å². The molecule has 0 aliphatic rings. The molecule has 0 radical (unpaired) electrons. The van der Waals surface area contributed by atoms with Crippen LogP contribution >= 0.6 is 27.5 Å². The number of aryl methyl sites for hydroxylation is 1. The van der Waals surface area contributed by atoms with Gasteiger partial charge >= 0.3 is 0 Å². The van der Waals surface area contributed by atoms with Crippen molar-refractivity contribution in [3.8, 4) is 0 Å². The molecule has 0 bridgehead atoms. The minimum Gasteiger partial charge on any atom is -0.383 e. The van der Waals surface area contributed by atoms with Crippen LogP contribution < -0.4 is 17.0 Å². The van der Waals surface area contributed by atoms with Gasteiger partial charge in [0.1, 0.15) is 5.82 Å². The molecule has 4 nitrogen and oxygen atoms in total. The average Bonchev–Trinajstić information content (AvgIpc) is 2.37. The number of nitrogens with two attached hydrogens (primary N) is 2. The summed E-state index contributed by atoms with van der Waals surface area (Å²) in [5.74, 6) is 6.15. The van der Waals surface area contributed by atoms with Gasteiger partial charge in [0, 0.05) is 16.2 Å². The van der Waals surface area contributed by atoms with Crippen molar-refractivity contribution in [2.24, 2.45) is 5.84 Å². The van der Waals surface area contributed by atoms with Gasteiger partial charge in [0.05, 0.1) is 11.1 Å². The molecule has 5 N–H and O–H groups in total. The van der Waals surface area contributed by atoms with Crippen molar-refractivity contribution in [2.45, 2.75) is 13.0 Å². The second-order valence-corrected chi connectivity index (χ2v) is 5.46. The minimum absolute atomic E-state index is 0.234. The van der Waals surface area contributed by atoms with Crippen LogP contribution in [0.3, 0.4) is 0 Å². The van der Waals surface area contributed by atoms with E-state index in [9.17, 15) is 0 Å². The minimum atomic E-state index is -0.234. The summed E-state index contributed by atoms with van der Waals surface area (Å²) in [5.41, 5.74) is 11.6. The molecule has 1 unspecified atom stereocenters. The third-order valence-electron chi connectivity index (χ3n) is 2.97. The molecule has 1 aromatic heterocycles. The van der Waals surface area contributed by atoms with Gasteiger partial charge in [-0.3, -0.25) is 5.84 Å². The fourth-order valence-electron chi connectivity index (χ4n) is 2.00. The first-order valence-electron chi connectivity index (χ1n) is 5.66. The second kappa shape index (κ2) is 5.88. The number of hydrogen-bond donors (Lipinski definition) is 3. The van der Waals surface area contributed by atoms with Crippen molar-refractivity contribution in [2.75, 3.05) is 5.73 Å². The van der Waals surface area contributed by atoms with Crippen LogP contribution in [0.15, 0.2) is 34.9 Å². The van der Waals surface area contributed by atoms with Crippen LogP contribution in [0.25, 0.3) is 0 Å². The summed E-state index contributed by atoms with van der Waals surface area (Å²) in [7, 11) is 0. The second-order valence-electron chi connectivity index (χ2n) is 4.20. The zero-order valence-electron chi connectivity index (χ0n) is 10.3. The fourth-order valence-corrected chi connectivity index (χ4v) is 2.52. The Balaban J connectivity index is 2.53. The SMILES string of the molecule is Cc1ccnc(N)c1C(NN)c1ccc(Cl)c(Br)c1. The van der Waals surface area contributed by atoms with E-state index in [0.717, 1.165) is 21.2 Å². The molecule has 0 fully saturated rings. The Hall–Kier alpha value is -1.14. The molecule has 0 saturated carbocycles. The molecule has 2 rings (SSSR count). The highest BCUT2D eigenvalue weighted by atomic mass is 79.9. The van der Waals surface area contributed by atoms with Crippen molar-refractivity contribution in [3.63, 3.8) is 0 Å². The predicted octanol–water partition coefficient (Wildman–Crippen LogP) is 2.94. The molecule has 0 aliphatic carbocycles. The number of nitrogens with one attached hydrogen (secondary N) is 1. The van der Waals surface area contributed by atoms with Gasteiger partial charge in [0.15, 0.2) is 0 Å². The van der Waals surface area contributed by atoms with E-state index in [1.54, 1.807) is 6.20 Å². The van der Waals surface area contributed by atoms with E-state index in [0.29, 0.717) is 10.8 Å². The number of nitrogens with zero attached hydrogens (tertiary/aromatic N) is 1. The van der Waals surface area contributed by atoms with Crippen molar-refractivity contribution in [1.82, 2.24) is 10.4 Å². The van der Waals surface area contributed by atoms with E-state index in [-0.39, 0.29) is 6.04 Å². The number of nitrogen functional groups attached to an aromatic ring is 1. The Morgan fingerprint density at radius 2 is 2.11 bits per heavy atom. The highest BCUT2D eigenvalue weighted by molar-refractivity contribution is 9.10. The Bertz CT molecular complexity index is 583. The number of aromatic nitrogens is 1. The summed E-state index contributed by atoms with van der Waals surface area (Å²) >= 11 is 9.41. The Morgan fingerprint density at radius 3 is 2.68 bits per heavy atom. The Labute approximate surface area is 125 Å². The summed E-state index contributed by atoms with van der Waals surface area (Å²) in [5, 5.41) is 0.649. The first-order chi connectivity index (χ1) is 9.04. The molecule has 19 heavy (non-hydrogen) atoms. The van der Waals surface area contributed by atoms with Gasteiger partial charge in [-0.1, -0.05) is 17.7 Å². The van der Waals surface area contributed by atoms with Crippen molar-refractivity contribution in [1.29, 1.82) is 0 Å². The van der Waals surface area contributed by atoms with E-state index in [1.807, 2.05) is 31.2 Å². The van der Waals surface area contributed by atoms with Crippen LogP contribution in [0.1, 0.15) is 22.7 Å². The van der Waals surface area contributed by atoms with Gasteiger partial charge in [-0.05, 0) is 52.2 Å². The molecule has 0 spiro atoms. The van der Waals surface area contributed by atoms with Crippen LogP contribution in [0.4, 0.5) is 5.82 Å². The maximum Gasteiger partial charge on any atom is 0.128 e. The van der Waals surface area contributed by atoms with E-state index >= 15 is 0 Å². The zero-order valence-corrected chi connectivity index (χ0v) is 12.7. The summed E-state index contributed by atoms with van der Waals surface area (Å²) in [4.78, 5) is 4.12. The molecule has 2 aromatic rings. The van der Waals surface area contributed by atoms with Crippen LogP contribution in [-0.2, 0) is 0 Å². The van der Waals surface area contributed by atoms with Crippen molar-refractivity contribution >= 4 is 33.3 Å². The molecule has 100 valence electrons. The maximum absolute atomic E-state index is 6.00. The Kier molecular flexibility index (Phi) is 4.42. The van der Waals surface area contributed by atoms with Crippen molar-refractivity contribution in [3.05, 3.63) is 56.6 Å². The van der Waals surface area contributed by atoms with Crippen LogP contribution in [0.2, 0.25) is 5.02 Å². The summed E-state index contributed by atoms with van der Waals surface area (Å²) in [6.45, 7) is 1.97. The first-order valence-corrected chi connectivity index (χ1v) is 6.83. The highest BCUT2D eigenvalue weighted by Crippen LogP contribution is 2.31. The lowest BCUT2D eigenvalue weighted by molar-refractivity contribution is 0.633. The molecular formula is C13H14BrClN4. The lowest BCUT2D eigenvalue weighted by Crippen LogP contribution is -2.30. The third-order valence-corrected chi connectivity index (χ3v) is 4.19. The standard InChI is InChI=1S/C13H14BrClN4/c1-7-4-5-18-13(16)11(7)12(19-17)8-2-3-10(15)9(14)6-8/h2-6,12,19H,17H2,1H3,(H2,16,18). The number of hydrogen-bond acceptors (Lipinski definition) is 4. The zero-order chi connectivity index (χ0) is 14.0. The van der Waals surface area contributed by atoms with Gasteiger partial charge in [-0.15, -0.1) is 0 Å². The third kappa shape index (κ3) is 2.90. The molecule has 0 amide bonds. The van der Waals surface area contributed by atoms with Crippen LogP contribution in [-0.4, -0.2) is 4.98 Å². The summed E-state index contributed by atoms with van der Waals surface area (Å²) < 4.78 is 0.812. The largest absolute Gasteiger partial charge is 0.383 e. The smallest absolute Gasteiger partial charge is 0.128 e. The Morgan fingerprint density at radius 1 is 1.37 bits per heavy atom. The van der Waals surface area contributed by atoms with E-state index in [1.165, 1.54) is 0 Å². The number of anilines is 1. The highest BCUT2D eigenvalue weighted by Gasteiger charge is 2.18. The molecule has 0 saturated heterocycles. The van der Waals surface area contributed by atoms with E-state index in [4.69, 9.17) is 23.2 Å². The molecule has 6 heteroatoms. The average molecular weight is 342 g/mol. The normalized spacial score (nSPS) is 12.4. The number of halogens is 2.